The number of nitrogens with two attached hydrogens (primary N) is 1. The van der Waals surface area contributed by atoms with Crippen molar-refractivity contribution in [3.8, 4) is 0 Å². The Bertz CT molecular complexity index is 568. The predicted octanol–water partition coefficient (Wildman–Crippen LogP) is 0.464. The van der Waals surface area contributed by atoms with Gasteiger partial charge in [0, 0.05) is 12.7 Å². The van der Waals surface area contributed by atoms with Crippen LogP contribution in [0.1, 0.15) is 16.9 Å². The normalized spacial score (nSPS) is 10.4. The van der Waals surface area contributed by atoms with Gasteiger partial charge in [-0.15, -0.1) is 0 Å². The monoisotopic (exact) mass is 262 g/mol. The molecule has 19 heavy (non-hydrogen) atoms. The van der Waals surface area contributed by atoms with Gasteiger partial charge >= 0.3 is 5.97 Å². The Balaban J connectivity index is 2.13. The van der Waals surface area contributed by atoms with Gasteiger partial charge in [-0.25, -0.2) is 14.8 Å². The number of carbonyl (C=O) groups is 1. The third-order valence-electron chi connectivity index (χ3n) is 2.42. The Morgan fingerprint density at radius 2 is 2.32 bits per heavy atom. The molecular formula is C11H14N6O2. The van der Waals surface area contributed by atoms with Crippen molar-refractivity contribution in [2.75, 3.05) is 11.9 Å². The SMILES string of the molecule is NCCCn1cc(Nc2cncnc2C(=O)O)cn1. The van der Waals surface area contributed by atoms with Gasteiger partial charge in [-0.05, 0) is 13.0 Å². The number of hydrogen-bond acceptors (Lipinski definition) is 6. The summed E-state index contributed by atoms with van der Waals surface area (Å²) in [6.45, 7) is 1.31. The Kier molecular flexibility index (Phi) is 4.04. The second-order valence-corrected chi connectivity index (χ2v) is 3.85. The average molecular weight is 262 g/mol. The standard InChI is InChI=1S/C11H14N6O2/c12-2-1-3-17-6-8(4-15-17)16-9-5-13-7-14-10(9)11(18)19/h4-7,16H,1-3,12H2,(H,18,19). The van der Waals surface area contributed by atoms with E-state index in [1.165, 1.54) is 12.5 Å². The molecule has 0 saturated carbocycles. The summed E-state index contributed by atoms with van der Waals surface area (Å²) in [4.78, 5) is 18.5. The Hall–Kier alpha value is -2.48. The molecule has 0 aliphatic carbocycles. The Morgan fingerprint density at radius 3 is 3.05 bits per heavy atom. The quantitative estimate of drug-likeness (QED) is 0.692. The fraction of sp³-hybridized carbons (Fsp3) is 0.273. The predicted molar refractivity (Wildman–Crippen MR) is 68.2 cm³/mol. The van der Waals surface area contributed by atoms with E-state index in [-0.39, 0.29) is 5.69 Å². The second kappa shape index (κ2) is 5.91. The van der Waals surface area contributed by atoms with E-state index in [0.717, 1.165) is 13.0 Å². The molecule has 0 aliphatic heterocycles. The maximum absolute atomic E-state index is 11.0. The third-order valence-corrected chi connectivity index (χ3v) is 2.42. The molecule has 0 fully saturated rings. The van der Waals surface area contributed by atoms with Crippen LogP contribution in [0.5, 0.6) is 0 Å². The van der Waals surface area contributed by atoms with Crippen molar-refractivity contribution in [2.24, 2.45) is 5.73 Å². The minimum atomic E-state index is -1.11. The van der Waals surface area contributed by atoms with Crippen LogP contribution in [0, 0.1) is 0 Å². The zero-order valence-electron chi connectivity index (χ0n) is 10.2. The number of hydrogen-bond donors (Lipinski definition) is 3. The molecule has 8 nitrogen and oxygen atoms in total. The summed E-state index contributed by atoms with van der Waals surface area (Å²) in [6, 6.07) is 0. The van der Waals surface area contributed by atoms with Crippen molar-refractivity contribution in [1.29, 1.82) is 0 Å². The number of aromatic carboxylic acids is 1. The summed E-state index contributed by atoms with van der Waals surface area (Å²) in [5, 5.41) is 16.1. The van der Waals surface area contributed by atoms with E-state index in [9.17, 15) is 4.79 Å². The van der Waals surface area contributed by atoms with Crippen molar-refractivity contribution in [1.82, 2.24) is 19.7 Å². The van der Waals surface area contributed by atoms with E-state index >= 15 is 0 Å². The zero-order valence-corrected chi connectivity index (χ0v) is 10.2. The first kappa shape index (κ1) is 13.0. The van der Waals surface area contributed by atoms with Crippen LogP contribution in [0.25, 0.3) is 0 Å². The highest BCUT2D eigenvalue weighted by Crippen LogP contribution is 2.17. The molecule has 0 radical (unpaired) electrons. The number of carboxylic acids is 1. The molecule has 2 heterocycles. The van der Waals surface area contributed by atoms with Crippen molar-refractivity contribution >= 4 is 17.3 Å². The van der Waals surface area contributed by atoms with Crippen LogP contribution in [0.15, 0.2) is 24.9 Å². The second-order valence-electron chi connectivity index (χ2n) is 3.85. The largest absolute Gasteiger partial charge is 0.476 e. The van der Waals surface area contributed by atoms with E-state index in [0.29, 0.717) is 17.9 Å². The highest BCUT2D eigenvalue weighted by molar-refractivity contribution is 5.92. The van der Waals surface area contributed by atoms with Crippen LogP contribution in [0.4, 0.5) is 11.4 Å². The molecule has 0 unspecified atom stereocenters. The molecule has 0 aromatic carbocycles. The van der Waals surface area contributed by atoms with Gasteiger partial charge in [0.1, 0.15) is 6.33 Å². The van der Waals surface area contributed by atoms with Gasteiger partial charge < -0.3 is 16.2 Å². The molecule has 4 N–H and O–H groups in total. The molecule has 2 aromatic heterocycles. The van der Waals surface area contributed by atoms with Gasteiger partial charge in [-0.3, -0.25) is 4.68 Å². The van der Waals surface area contributed by atoms with Crippen LogP contribution >= 0.6 is 0 Å². The minimum Gasteiger partial charge on any atom is -0.476 e. The average Bonchev–Trinajstić information content (AvgIpc) is 2.84. The molecule has 0 saturated heterocycles. The molecular weight excluding hydrogens is 248 g/mol. The van der Waals surface area contributed by atoms with E-state index in [1.807, 2.05) is 0 Å². The number of carboxylic acid groups (broad SMARTS) is 1. The van der Waals surface area contributed by atoms with Crippen LogP contribution in [-0.2, 0) is 6.54 Å². The van der Waals surface area contributed by atoms with Crippen LogP contribution in [-0.4, -0.2) is 37.4 Å². The number of anilines is 2. The fourth-order valence-electron chi connectivity index (χ4n) is 1.55. The van der Waals surface area contributed by atoms with Gasteiger partial charge in [0.2, 0.25) is 0 Å². The van der Waals surface area contributed by atoms with Gasteiger partial charge in [-0.1, -0.05) is 0 Å². The highest BCUT2D eigenvalue weighted by atomic mass is 16.4. The topological polar surface area (TPSA) is 119 Å². The van der Waals surface area contributed by atoms with E-state index in [2.05, 4.69) is 20.4 Å². The number of nitrogens with zero attached hydrogens (tertiary/aromatic N) is 4. The molecule has 0 atom stereocenters. The molecule has 0 bridgehead atoms. The number of aryl methyl sites for hydroxylation is 1. The van der Waals surface area contributed by atoms with Gasteiger partial charge in [0.05, 0.1) is 23.8 Å². The van der Waals surface area contributed by atoms with Gasteiger partial charge in [-0.2, -0.15) is 5.10 Å². The Labute approximate surface area is 109 Å². The lowest BCUT2D eigenvalue weighted by Gasteiger charge is -2.05. The van der Waals surface area contributed by atoms with Crippen molar-refractivity contribution in [2.45, 2.75) is 13.0 Å². The number of nitrogens with one attached hydrogen (secondary N) is 1. The van der Waals surface area contributed by atoms with Gasteiger partial charge in [0.15, 0.2) is 5.69 Å². The number of aromatic nitrogens is 4. The van der Waals surface area contributed by atoms with Crippen molar-refractivity contribution < 1.29 is 9.90 Å². The number of rotatable bonds is 6. The van der Waals surface area contributed by atoms with Crippen LogP contribution in [0.2, 0.25) is 0 Å². The third kappa shape index (κ3) is 3.26. The summed E-state index contributed by atoms with van der Waals surface area (Å²) in [5.74, 6) is -1.11. The lowest BCUT2D eigenvalue weighted by Crippen LogP contribution is -2.06. The minimum absolute atomic E-state index is 0.0790. The van der Waals surface area contributed by atoms with Crippen LogP contribution in [0.3, 0.4) is 0 Å². The van der Waals surface area contributed by atoms with Crippen molar-refractivity contribution in [3.05, 3.63) is 30.6 Å². The molecule has 2 aromatic rings. The zero-order chi connectivity index (χ0) is 13.7. The maximum Gasteiger partial charge on any atom is 0.356 e. The molecule has 100 valence electrons. The molecule has 2 rings (SSSR count). The van der Waals surface area contributed by atoms with Crippen LogP contribution < -0.4 is 11.1 Å². The lowest BCUT2D eigenvalue weighted by atomic mass is 10.3. The van der Waals surface area contributed by atoms with E-state index in [4.69, 9.17) is 10.8 Å². The smallest absolute Gasteiger partial charge is 0.356 e. The summed E-state index contributed by atoms with van der Waals surface area (Å²) in [7, 11) is 0. The first-order chi connectivity index (χ1) is 9.20. The summed E-state index contributed by atoms with van der Waals surface area (Å²) in [6.07, 6.45) is 6.81. The fourth-order valence-corrected chi connectivity index (χ4v) is 1.55. The maximum atomic E-state index is 11.0. The molecule has 8 heteroatoms. The van der Waals surface area contributed by atoms with Crippen molar-refractivity contribution in [3.63, 3.8) is 0 Å². The first-order valence-electron chi connectivity index (χ1n) is 5.73. The Morgan fingerprint density at radius 1 is 1.47 bits per heavy atom. The molecule has 0 amide bonds. The van der Waals surface area contributed by atoms with E-state index in [1.54, 1.807) is 17.1 Å². The highest BCUT2D eigenvalue weighted by Gasteiger charge is 2.12. The van der Waals surface area contributed by atoms with E-state index < -0.39 is 5.97 Å². The summed E-state index contributed by atoms with van der Waals surface area (Å²) >= 11 is 0. The molecule has 0 spiro atoms. The molecule has 0 aliphatic rings. The lowest BCUT2D eigenvalue weighted by molar-refractivity contribution is 0.0691. The summed E-state index contributed by atoms with van der Waals surface area (Å²) < 4.78 is 1.74. The first-order valence-corrected chi connectivity index (χ1v) is 5.73. The summed E-state index contributed by atoms with van der Waals surface area (Å²) in [5.41, 5.74) is 6.34. The van der Waals surface area contributed by atoms with Gasteiger partial charge in [0.25, 0.3) is 0 Å².